The number of hydrogen-bond donors (Lipinski definition) is 1. The quantitative estimate of drug-likeness (QED) is 0.578. The van der Waals surface area contributed by atoms with Gasteiger partial charge in [-0.05, 0) is 65.3 Å². The van der Waals surface area contributed by atoms with E-state index in [4.69, 9.17) is 27.9 Å². The first-order valence-electron chi connectivity index (χ1n) is 11.9. The number of carbonyl (C=O) groups excluding carboxylic acids is 1. The zero-order valence-electron chi connectivity index (χ0n) is 20.5. The largest absolute Gasteiger partial charge is 0.444 e. The van der Waals surface area contributed by atoms with Crippen molar-refractivity contribution in [1.82, 2.24) is 20.2 Å². The summed E-state index contributed by atoms with van der Waals surface area (Å²) in [6, 6.07) is 0.233. The summed E-state index contributed by atoms with van der Waals surface area (Å²) in [5.41, 5.74) is -0.453. The minimum Gasteiger partial charge on any atom is -0.444 e. The number of nitrogens with zero attached hydrogens (tertiary/aromatic N) is 5. The molecule has 3 rings (SSSR count). The lowest BCUT2D eigenvalue weighted by Crippen LogP contribution is -2.47. The Morgan fingerprint density at radius 2 is 1.73 bits per heavy atom. The number of carbonyl (C=O) groups is 1. The topological polar surface area (TPSA) is 73.8 Å². The van der Waals surface area contributed by atoms with E-state index in [0.717, 1.165) is 70.1 Å². The number of aromatic nitrogens is 2. The Labute approximate surface area is 208 Å². The second-order valence-corrected chi connectivity index (χ2v) is 11.1. The summed E-state index contributed by atoms with van der Waals surface area (Å²) in [4.78, 5) is 27.4. The summed E-state index contributed by atoms with van der Waals surface area (Å²) in [6.45, 7) is 10.5. The fourth-order valence-electron chi connectivity index (χ4n) is 4.43. The Kier molecular flexibility index (Phi) is 8.92. The highest BCUT2D eigenvalue weighted by Crippen LogP contribution is 2.32. The minimum atomic E-state index is -0.453. The normalized spacial score (nSPS) is 22.2. The van der Waals surface area contributed by atoms with Gasteiger partial charge >= 0.3 is 6.09 Å². The molecule has 0 unspecified atom stereocenters. The van der Waals surface area contributed by atoms with Crippen LogP contribution in [0.3, 0.4) is 0 Å². The van der Waals surface area contributed by atoms with Gasteiger partial charge in [0.2, 0.25) is 5.95 Å². The minimum absolute atomic E-state index is 0.233. The van der Waals surface area contributed by atoms with E-state index in [1.807, 2.05) is 39.8 Å². The molecule has 0 aromatic carbocycles. The van der Waals surface area contributed by atoms with Crippen LogP contribution in [0.5, 0.6) is 0 Å². The molecule has 2 aliphatic rings. The molecule has 8 nitrogen and oxygen atoms in total. The van der Waals surface area contributed by atoms with Crippen LogP contribution in [0, 0.1) is 5.92 Å². The smallest absolute Gasteiger partial charge is 0.407 e. The predicted molar refractivity (Wildman–Crippen MR) is 135 cm³/mol. The van der Waals surface area contributed by atoms with Crippen molar-refractivity contribution >= 4 is 41.1 Å². The number of amides is 1. The number of alkyl carbamates (subject to hydrolysis) is 1. The van der Waals surface area contributed by atoms with Gasteiger partial charge in [-0.2, -0.15) is 9.97 Å². The molecule has 1 aliphatic heterocycles. The maximum atomic E-state index is 12.0. The maximum Gasteiger partial charge on any atom is 0.407 e. The molecule has 1 saturated heterocycles. The molecule has 0 bridgehead atoms. The van der Waals surface area contributed by atoms with E-state index in [0.29, 0.717) is 16.1 Å². The van der Waals surface area contributed by atoms with Crippen molar-refractivity contribution in [3.8, 4) is 0 Å². The van der Waals surface area contributed by atoms with E-state index in [1.54, 1.807) is 0 Å². The number of rotatable bonds is 6. The molecule has 33 heavy (non-hydrogen) atoms. The van der Waals surface area contributed by atoms with Crippen molar-refractivity contribution in [3.05, 3.63) is 10.2 Å². The van der Waals surface area contributed by atoms with Gasteiger partial charge in [-0.3, -0.25) is 4.90 Å². The first kappa shape index (κ1) is 26.1. The zero-order valence-corrected chi connectivity index (χ0v) is 22.0. The fraction of sp³-hybridized carbons (Fsp3) is 0.783. The van der Waals surface area contributed by atoms with Crippen molar-refractivity contribution in [2.24, 2.45) is 5.92 Å². The lowest BCUT2D eigenvalue weighted by Gasteiger charge is -2.37. The number of halogens is 2. The number of ether oxygens (including phenoxy) is 1. The summed E-state index contributed by atoms with van der Waals surface area (Å²) in [7, 11) is 3.78. The lowest BCUT2D eigenvalue weighted by molar-refractivity contribution is 0.0486. The highest BCUT2D eigenvalue weighted by molar-refractivity contribution is 6.42. The fourth-order valence-corrected chi connectivity index (χ4v) is 4.79. The Morgan fingerprint density at radius 1 is 1.09 bits per heavy atom. The van der Waals surface area contributed by atoms with Crippen molar-refractivity contribution in [2.75, 3.05) is 56.6 Å². The molecule has 1 N–H and O–H groups in total. The molecule has 1 saturated carbocycles. The zero-order chi connectivity index (χ0) is 24.2. The van der Waals surface area contributed by atoms with Gasteiger partial charge in [0.1, 0.15) is 10.6 Å². The lowest BCUT2D eigenvalue weighted by atomic mass is 9.84. The SMILES string of the molecule is CN(C)c1nc(Cl)c(Cl)c(N2CCN(CC[C@H]3CC[C@H](NC(=O)OC(C)(C)C)CC3)CC2)n1. The second kappa shape index (κ2) is 11.3. The first-order chi connectivity index (χ1) is 15.5. The van der Waals surface area contributed by atoms with Gasteiger partial charge in [-0.1, -0.05) is 23.2 Å². The molecule has 1 amide bonds. The third-order valence-corrected chi connectivity index (χ3v) is 6.99. The predicted octanol–water partition coefficient (Wildman–Crippen LogP) is 4.45. The molecule has 0 radical (unpaired) electrons. The molecule has 186 valence electrons. The van der Waals surface area contributed by atoms with E-state index in [2.05, 4.69) is 25.1 Å². The van der Waals surface area contributed by atoms with Crippen molar-refractivity contribution in [1.29, 1.82) is 0 Å². The Hall–Kier alpha value is -1.51. The van der Waals surface area contributed by atoms with Crippen LogP contribution in [0.25, 0.3) is 0 Å². The van der Waals surface area contributed by atoms with Crippen LogP contribution in [0.4, 0.5) is 16.6 Å². The van der Waals surface area contributed by atoms with E-state index in [9.17, 15) is 4.79 Å². The number of nitrogens with one attached hydrogen (secondary N) is 1. The molecule has 0 spiro atoms. The molecule has 10 heteroatoms. The van der Waals surface area contributed by atoms with Crippen molar-refractivity contribution in [2.45, 2.75) is 64.5 Å². The van der Waals surface area contributed by atoms with Gasteiger partial charge in [0.25, 0.3) is 0 Å². The highest BCUT2D eigenvalue weighted by Gasteiger charge is 2.27. The van der Waals surface area contributed by atoms with Gasteiger partial charge in [0, 0.05) is 46.3 Å². The van der Waals surface area contributed by atoms with Gasteiger partial charge in [-0.15, -0.1) is 0 Å². The van der Waals surface area contributed by atoms with E-state index in [1.165, 1.54) is 6.42 Å². The summed E-state index contributed by atoms with van der Waals surface area (Å²) in [5.74, 6) is 2.01. The number of anilines is 2. The number of hydrogen-bond acceptors (Lipinski definition) is 7. The standard InChI is InChI=1S/C23H38Cl2N6O2/c1-23(2,3)33-22(32)26-17-8-6-16(7-9-17)10-11-30-12-14-31(15-13-30)20-18(24)19(25)27-21(28-20)29(4)5/h16-17H,6-15H2,1-5H3,(H,26,32)/t16-,17-. The van der Waals surface area contributed by atoms with Crippen molar-refractivity contribution < 1.29 is 9.53 Å². The van der Waals surface area contributed by atoms with Crippen LogP contribution >= 0.6 is 23.2 Å². The van der Waals surface area contributed by atoms with Crippen LogP contribution in [0.1, 0.15) is 52.9 Å². The van der Waals surface area contributed by atoms with Gasteiger partial charge < -0.3 is 19.9 Å². The first-order valence-corrected chi connectivity index (χ1v) is 12.6. The summed E-state index contributed by atoms with van der Waals surface area (Å²) in [5, 5.41) is 3.75. The molecular formula is C23H38Cl2N6O2. The Morgan fingerprint density at radius 3 is 2.30 bits per heavy atom. The average Bonchev–Trinajstić information content (AvgIpc) is 2.74. The summed E-state index contributed by atoms with van der Waals surface area (Å²) < 4.78 is 5.38. The molecule has 0 atom stereocenters. The monoisotopic (exact) mass is 500 g/mol. The average molecular weight is 502 g/mol. The molecule has 1 aromatic heterocycles. The molecular weight excluding hydrogens is 463 g/mol. The van der Waals surface area contributed by atoms with Crippen LogP contribution in [-0.2, 0) is 4.74 Å². The molecule has 2 heterocycles. The van der Waals surface area contributed by atoms with Gasteiger partial charge in [0.15, 0.2) is 11.0 Å². The molecule has 1 aliphatic carbocycles. The van der Waals surface area contributed by atoms with Crippen LogP contribution in [0.15, 0.2) is 0 Å². The highest BCUT2D eigenvalue weighted by atomic mass is 35.5. The third-order valence-electron chi connectivity index (χ3n) is 6.27. The van der Waals surface area contributed by atoms with Crippen LogP contribution < -0.4 is 15.1 Å². The van der Waals surface area contributed by atoms with E-state index in [-0.39, 0.29) is 12.1 Å². The molecule has 2 fully saturated rings. The maximum absolute atomic E-state index is 12.0. The van der Waals surface area contributed by atoms with Crippen LogP contribution in [-0.4, -0.2) is 79.4 Å². The summed E-state index contributed by atoms with van der Waals surface area (Å²) >= 11 is 12.6. The van der Waals surface area contributed by atoms with E-state index < -0.39 is 5.60 Å². The number of piperazine rings is 1. The summed E-state index contributed by atoms with van der Waals surface area (Å²) in [6.07, 6.45) is 5.26. The van der Waals surface area contributed by atoms with E-state index >= 15 is 0 Å². The Balaban J connectivity index is 1.39. The van der Waals surface area contributed by atoms with Crippen LogP contribution in [0.2, 0.25) is 10.2 Å². The second-order valence-electron chi connectivity index (χ2n) is 10.3. The molecule has 1 aromatic rings. The third kappa shape index (κ3) is 7.76. The van der Waals surface area contributed by atoms with Gasteiger partial charge in [-0.25, -0.2) is 4.79 Å². The van der Waals surface area contributed by atoms with Crippen molar-refractivity contribution in [3.63, 3.8) is 0 Å². The van der Waals surface area contributed by atoms with Gasteiger partial charge in [0.05, 0.1) is 0 Å². The Bertz CT molecular complexity index is 801.